The molecule has 2 heteroatoms. The maximum atomic E-state index is 5.34. The van der Waals surface area contributed by atoms with Gasteiger partial charge in [-0.15, -0.1) is 0 Å². The first-order valence-electron chi connectivity index (χ1n) is 3.35. The zero-order valence-corrected chi connectivity index (χ0v) is 8.23. The zero-order valence-electron chi connectivity index (χ0n) is 6.03. The maximum Gasteiger partial charge on any atom is 0.126 e. The molecule has 1 aromatic rings. The van der Waals surface area contributed by atoms with E-state index in [9.17, 15) is 0 Å². The summed E-state index contributed by atoms with van der Waals surface area (Å²) in [5, 5.41) is 0. The topological polar surface area (TPSA) is 9.23 Å². The van der Waals surface area contributed by atoms with Crippen molar-refractivity contribution >= 4 is 6.08 Å². The van der Waals surface area contributed by atoms with Crippen LogP contribution in [0.4, 0.5) is 0 Å². The molecule has 0 unspecified atom stereocenters. The second-order valence-corrected chi connectivity index (χ2v) is 2.25. The number of para-hydroxylation sites is 1. The molecule has 11 heavy (non-hydrogen) atoms. The SMILES string of the molecule is C1=Cc2ccccc2OC1.[Nb]. The van der Waals surface area contributed by atoms with Crippen LogP contribution in [-0.2, 0) is 22.4 Å². The van der Waals surface area contributed by atoms with Crippen LogP contribution in [-0.4, -0.2) is 6.61 Å². The minimum atomic E-state index is 0. The number of hydrogen-bond acceptors (Lipinski definition) is 1. The van der Waals surface area contributed by atoms with Gasteiger partial charge in [-0.1, -0.05) is 24.3 Å². The van der Waals surface area contributed by atoms with Crippen LogP contribution in [0.15, 0.2) is 30.3 Å². The molecule has 0 fully saturated rings. The van der Waals surface area contributed by atoms with Gasteiger partial charge in [0.2, 0.25) is 0 Å². The van der Waals surface area contributed by atoms with Crippen molar-refractivity contribution in [1.29, 1.82) is 0 Å². The molecular weight excluding hydrogens is 217 g/mol. The molecule has 1 aliphatic heterocycles. The van der Waals surface area contributed by atoms with Gasteiger partial charge in [-0.25, -0.2) is 0 Å². The van der Waals surface area contributed by atoms with E-state index in [0.29, 0.717) is 6.61 Å². The summed E-state index contributed by atoms with van der Waals surface area (Å²) in [4.78, 5) is 0. The summed E-state index contributed by atoms with van der Waals surface area (Å²) in [7, 11) is 0. The fourth-order valence-corrected chi connectivity index (χ4v) is 1.06. The Kier molecular flexibility index (Phi) is 2.94. The Labute approximate surface area is 81.6 Å². The van der Waals surface area contributed by atoms with E-state index >= 15 is 0 Å². The Balaban J connectivity index is 0.000000605. The van der Waals surface area contributed by atoms with E-state index in [-0.39, 0.29) is 22.4 Å². The quantitative estimate of drug-likeness (QED) is 0.614. The van der Waals surface area contributed by atoms with Crippen molar-refractivity contribution in [1.82, 2.24) is 0 Å². The van der Waals surface area contributed by atoms with Crippen molar-refractivity contribution in [3.63, 3.8) is 0 Å². The summed E-state index contributed by atoms with van der Waals surface area (Å²) >= 11 is 0. The fraction of sp³-hybridized carbons (Fsp3) is 0.111. The molecule has 0 saturated heterocycles. The third kappa shape index (κ3) is 1.75. The van der Waals surface area contributed by atoms with Crippen LogP contribution in [0, 0.1) is 0 Å². The van der Waals surface area contributed by atoms with Gasteiger partial charge in [0.15, 0.2) is 0 Å². The predicted octanol–water partition coefficient (Wildman–Crippen LogP) is 2.09. The van der Waals surface area contributed by atoms with Crippen molar-refractivity contribution < 1.29 is 27.1 Å². The first kappa shape index (κ1) is 8.60. The van der Waals surface area contributed by atoms with E-state index < -0.39 is 0 Å². The second-order valence-electron chi connectivity index (χ2n) is 2.25. The van der Waals surface area contributed by atoms with Crippen LogP contribution < -0.4 is 4.74 Å². The number of benzene rings is 1. The van der Waals surface area contributed by atoms with Gasteiger partial charge < -0.3 is 4.74 Å². The molecule has 0 amide bonds. The predicted molar refractivity (Wildman–Crippen MR) is 41.0 cm³/mol. The van der Waals surface area contributed by atoms with Gasteiger partial charge in [0.05, 0.1) is 0 Å². The van der Waals surface area contributed by atoms with Gasteiger partial charge in [-0.3, -0.25) is 0 Å². The second kappa shape index (κ2) is 3.77. The molecule has 0 aliphatic carbocycles. The largest absolute Gasteiger partial charge is 0.489 e. The molecule has 0 aromatic heterocycles. The van der Waals surface area contributed by atoms with E-state index in [2.05, 4.69) is 6.08 Å². The number of ether oxygens (including phenoxy) is 1. The van der Waals surface area contributed by atoms with Crippen LogP contribution in [0.3, 0.4) is 0 Å². The molecule has 1 aliphatic rings. The average molecular weight is 225 g/mol. The minimum Gasteiger partial charge on any atom is -0.489 e. The third-order valence-corrected chi connectivity index (χ3v) is 1.55. The first-order chi connectivity index (χ1) is 4.97. The van der Waals surface area contributed by atoms with E-state index in [1.165, 1.54) is 5.56 Å². The Morgan fingerprint density at radius 3 is 2.82 bits per heavy atom. The van der Waals surface area contributed by atoms with E-state index in [4.69, 9.17) is 4.74 Å². The molecule has 1 nitrogen and oxygen atoms in total. The first-order valence-corrected chi connectivity index (χ1v) is 3.35. The Morgan fingerprint density at radius 1 is 1.18 bits per heavy atom. The van der Waals surface area contributed by atoms with Gasteiger partial charge >= 0.3 is 0 Å². The monoisotopic (exact) mass is 225 g/mol. The summed E-state index contributed by atoms with van der Waals surface area (Å²) in [6.45, 7) is 0.705. The zero-order chi connectivity index (χ0) is 6.81. The smallest absolute Gasteiger partial charge is 0.126 e. The van der Waals surface area contributed by atoms with Gasteiger partial charge in [0.1, 0.15) is 12.4 Å². The van der Waals surface area contributed by atoms with Gasteiger partial charge in [-0.2, -0.15) is 0 Å². The molecule has 0 saturated carbocycles. The van der Waals surface area contributed by atoms with Gasteiger partial charge in [0.25, 0.3) is 0 Å². The van der Waals surface area contributed by atoms with E-state index in [1.807, 2.05) is 30.3 Å². The molecule has 0 spiro atoms. The molecule has 0 atom stereocenters. The molecule has 1 radical (unpaired) electrons. The Hall–Kier alpha value is -0.500. The van der Waals surface area contributed by atoms with E-state index in [0.717, 1.165) is 5.75 Å². The van der Waals surface area contributed by atoms with Crippen molar-refractivity contribution in [3.8, 4) is 5.75 Å². The number of fused-ring (bicyclic) bond motifs is 1. The van der Waals surface area contributed by atoms with Crippen LogP contribution in [0.25, 0.3) is 6.08 Å². The normalized spacial score (nSPS) is 12.7. The maximum absolute atomic E-state index is 5.34. The Bertz CT molecular complexity index is 268. The van der Waals surface area contributed by atoms with Crippen LogP contribution >= 0.6 is 0 Å². The molecule has 0 bridgehead atoms. The average Bonchev–Trinajstić information content (AvgIpc) is 2.05. The molecule has 1 heterocycles. The van der Waals surface area contributed by atoms with Crippen molar-refractivity contribution in [2.75, 3.05) is 6.61 Å². The number of rotatable bonds is 0. The van der Waals surface area contributed by atoms with Crippen molar-refractivity contribution in [2.24, 2.45) is 0 Å². The van der Waals surface area contributed by atoms with Crippen molar-refractivity contribution in [2.45, 2.75) is 0 Å². The Morgan fingerprint density at radius 2 is 2.00 bits per heavy atom. The minimum absolute atomic E-state index is 0. The van der Waals surface area contributed by atoms with Crippen LogP contribution in [0.2, 0.25) is 0 Å². The standard InChI is InChI=1S/C9H8O.Nb/c1-2-6-9-8(4-1)5-3-7-10-9;/h1-6H,7H2;. The van der Waals surface area contributed by atoms with Crippen LogP contribution in [0.1, 0.15) is 5.56 Å². The fourth-order valence-electron chi connectivity index (χ4n) is 1.06. The van der Waals surface area contributed by atoms with E-state index in [1.54, 1.807) is 0 Å². The summed E-state index contributed by atoms with van der Waals surface area (Å²) in [5.41, 5.74) is 1.17. The molecule has 0 N–H and O–H groups in total. The summed E-state index contributed by atoms with van der Waals surface area (Å²) in [6.07, 6.45) is 4.10. The third-order valence-electron chi connectivity index (χ3n) is 1.55. The molecule has 55 valence electrons. The summed E-state index contributed by atoms with van der Waals surface area (Å²) < 4.78 is 5.34. The molecule has 2 rings (SSSR count). The van der Waals surface area contributed by atoms with Gasteiger partial charge in [0, 0.05) is 27.9 Å². The molecule has 1 aromatic carbocycles. The number of hydrogen-bond donors (Lipinski definition) is 0. The summed E-state index contributed by atoms with van der Waals surface area (Å²) in [5.74, 6) is 0.991. The molecular formula is C9H8NbO. The van der Waals surface area contributed by atoms with Crippen LogP contribution in [0.5, 0.6) is 5.75 Å². The summed E-state index contributed by atoms with van der Waals surface area (Å²) in [6, 6.07) is 8.03. The van der Waals surface area contributed by atoms with Gasteiger partial charge in [-0.05, 0) is 12.1 Å². The van der Waals surface area contributed by atoms with Crippen molar-refractivity contribution in [3.05, 3.63) is 35.9 Å².